The van der Waals surface area contributed by atoms with Crippen LogP contribution in [0.25, 0.3) is 0 Å². The lowest BCUT2D eigenvalue weighted by Gasteiger charge is -2.24. The van der Waals surface area contributed by atoms with Gasteiger partial charge >= 0.3 is 6.03 Å². The predicted octanol–water partition coefficient (Wildman–Crippen LogP) is 2.74. The van der Waals surface area contributed by atoms with Gasteiger partial charge in [0, 0.05) is 18.1 Å². The smallest absolute Gasteiger partial charge is 0.317 e. The molecule has 2 rings (SSSR count). The van der Waals surface area contributed by atoms with Crippen LogP contribution in [0.5, 0.6) is 0 Å². The van der Waals surface area contributed by atoms with E-state index in [1.165, 1.54) is 5.56 Å². The van der Waals surface area contributed by atoms with Crippen molar-refractivity contribution < 1.29 is 9.90 Å². The van der Waals surface area contributed by atoms with Crippen LogP contribution in [0.15, 0.2) is 18.2 Å². The van der Waals surface area contributed by atoms with E-state index in [0.29, 0.717) is 13.1 Å². The molecule has 0 aromatic heterocycles. The van der Waals surface area contributed by atoms with Gasteiger partial charge in [-0.3, -0.25) is 0 Å². The summed E-state index contributed by atoms with van der Waals surface area (Å²) in [6, 6.07) is 5.77. The molecule has 20 heavy (non-hydrogen) atoms. The van der Waals surface area contributed by atoms with Crippen LogP contribution in [0, 0.1) is 0 Å². The van der Waals surface area contributed by atoms with E-state index in [1.807, 2.05) is 25.1 Å². The van der Waals surface area contributed by atoms with Crippen LogP contribution < -0.4 is 5.32 Å². The molecule has 1 aliphatic carbocycles. The summed E-state index contributed by atoms with van der Waals surface area (Å²) in [6.07, 6.45) is 2.72. The Balaban J connectivity index is 2.03. The van der Waals surface area contributed by atoms with Crippen LogP contribution in [-0.4, -0.2) is 35.7 Å². The fourth-order valence-corrected chi connectivity index (χ4v) is 2.88. The number of fused-ring (bicyclic) bond motifs is 1. The molecule has 0 saturated heterocycles. The first-order valence-electron chi connectivity index (χ1n) is 7.10. The van der Waals surface area contributed by atoms with E-state index in [1.54, 1.807) is 4.90 Å². The first-order chi connectivity index (χ1) is 9.65. The molecule has 5 heteroatoms. The topological polar surface area (TPSA) is 52.6 Å². The Morgan fingerprint density at radius 2 is 2.30 bits per heavy atom. The summed E-state index contributed by atoms with van der Waals surface area (Å²) in [5.41, 5.74) is 2.37. The van der Waals surface area contributed by atoms with Crippen molar-refractivity contribution in [1.82, 2.24) is 10.2 Å². The zero-order valence-corrected chi connectivity index (χ0v) is 12.5. The van der Waals surface area contributed by atoms with Crippen molar-refractivity contribution in [2.75, 3.05) is 19.7 Å². The second kappa shape index (κ2) is 6.95. The third kappa shape index (κ3) is 3.44. The van der Waals surface area contributed by atoms with Crippen LogP contribution in [0.2, 0.25) is 5.02 Å². The van der Waals surface area contributed by atoms with E-state index < -0.39 is 0 Å². The summed E-state index contributed by atoms with van der Waals surface area (Å²) in [5.74, 6) is 0. The highest BCUT2D eigenvalue weighted by molar-refractivity contribution is 6.30. The average molecular weight is 297 g/mol. The molecule has 1 aromatic rings. The standard InChI is InChI=1S/C15H21ClN2O2/c1-2-7-18(8-9-19)15(20)17-14-6-3-11-10-12(16)4-5-13(11)14/h4-5,10,14,19H,2-3,6-9H2,1H3,(H,17,20). The van der Waals surface area contributed by atoms with Crippen molar-refractivity contribution in [1.29, 1.82) is 0 Å². The van der Waals surface area contributed by atoms with Crippen LogP contribution in [0.1, 0.15) is 36.9 Å². The Hall–Kier alpha value is -1.26. The molecule has 4 nitrogen and oxygen atoms in total. The molecule has 1 aromatic carbocycles. The van der Waals surface area contributed by atoms with Crippen molar-refractivity contribution in [2.45, 2.75) is 32.2 Å². The maximum absolute atomic E-state index is 12.2. The van der Waals surface area contributed by atoms with Gasteiger partial charge in [0.2, 0.25) is 0 Å². The van der Waals surface area contributed by atoms with E-state index in [0.717, 1.165) is 29.8 Å². The molecule has 2 amide bonds. The van der Waals surface area contributed by atoms with Crippen molar-refractivity contribution in [2.24, 2.45) is 0 Å². The minimum Gasteiger partial charge on any atom is -0.395 e. The number of nitrogens with zero attached hydrogens (tertiary/aromatic N) is 1. The molecular weight excluding hydrogens is 276 g/mol. The Morgan fingerprint density at radius 3 is 3.00 bits per heavy atom. The van der Waals surface area contributed by atoms with E-state index >= 15 is 0 Å². The van der Waals surface area contributed by atoms with Crippen LogP contribution in [-0.2, 0) is 6.42 Å². The molecule has 0 bridgehead atoms. The van der Waals surface area contributed by atoms with Gasteiger partial charge in [-0.15, -0.1) is 0 Å². The lowest BCUT2D eigenvalue weighted by molar-refractivity contribution is 0.174. The van der Waals surface area contributed by atoms with Gasteiger partial charge in [-0.25, -0.2) is 4.79 Å². The van der Waals surface area contributed by atoms with E-state index in [2.05, 4.69) is 5.32 Å². The largest absolute Gasteiger partial charge is 0.395 e. The Morgan fingerprint density at radius 1 is 1.50 bits per heavy atom. The zero-order chi connectivity index (χ0) is 14.5. The van der Waals surface area contributed by atoms with E-state index in [-0.39, 0.29) is 18.7 Å². The molecule has 2 N–H and O–H groups in total. The van der Waals surface area contributed by atoms with Crippen molar-refractivity contribution >= 4 is 17.6 Å². The van der Waals surface area contributed by atoms with Crippen LogP contribution in [0.4, 0.5) is 4.79 Å². The lowest BCUT2D eigenvalue weighted by Crippen LogP contribution is -2.43. The fraction of sp³-hybridized carbons (Fsp3) is 0.533. The normalized spacial score (nSPS) is 16.9. The molecule has 0 aliphatic heterocycles. The second-order valence-electron chi connectivity index (χ2n) is 5.09. The Labute approximate surface area is 124 Å². The number of urea groups is 1. The van der Waals surface area contributed by atoms with E-state index in [4.69, 9.17) is 16.7 Å². The van der Waals surface area contributed by atoms with Gasteiger partial charge < -0.3 is 15.3 Å². The van der Waals surface area contributed by atoms with Crippen molar-refractivity contribution in [3.05, 3.63) is 34.3 Å². The van der Waals surface area contributed by atoms with Gasteiger partial charge in [0.1, 0.15) is 0 Å². The summed E-state index contributed by atoms with van der Waals surface area (Å²) in [7, 11) is 0. The summed E-state index contributed by atoms with van der Waals surface area (Å²) in [4.78, 5) is 13.9. The second-order valence-corrected chi connectivity index (χ2v) is 5.53. The molecule has 1 unspecified atom stereocenters. The quantitative estimate of drug-likeness (QED) is 0.878. The third-order valence-electron chi connectivity index (χ3n) is 3.63. The summed E-state index contributed by atoms with van der Waals surface area (Å²) in [5, 5.41) is 12.8. The monoisotopic (exact) mass is 296 g/mol. The number of aliphatic hydroxyl groups is 1. The lowest BCUT2D eigenvalue weighted by atomic mass is 10.1. The van der Waals surface area contributed by atoms with Gasteiger partial charge in [0.05, 0.1) is 12.6 Å². The zero-order valence-electron chi connectivity index (χ0n) is 11.7. The molecule has 1 atom stereocenters. The van der Waals surface area contributed by atoms with Gasteiger partial charge in [0.15, 0.2) is 0 Å². The Bertz CT molecular complexity index is 473. The number of benzene rings is 1. The molecule has 110 valence electrons. The number of hydrogen-bond acceptors (Lipinski definition) is 2. The van der Waals surface area contributed by atoms with Crippen molar-refractivity contribution in [3.8, 4) is 0 Å². The van der Waals surface area contributed by atoms with Crippen LogP contribution in [0.3, 0.4) is 0 Å². The predicted molar refractivity (Wildman–Crippen MR) is 80.0 cm³/mol. The molecule has 1 aliphatic rings. The molecular formula is C15H21ClN2O2. The molecule has 0 radical (unpaired) electrons. The minimum absolute atomic E-state index is 0.00964. The molecule has 0 saturated carbocycles. The number of halogens is 1. The number of carbonyl (C=O) groups excluding carboxylic acids is 1. The maximum atomic E-state index is 12.2. The first-order valence-corrected chi connectivity index (χ1v) is 7.48. The number of carbonyl (C=O) groups is 1. The molecule has 0 heterocycles. The van der Waals surface area contributed by atoms with Crippen molar-refractivity contribution in [3.63, 3.8) is 0 Å². The summed E-state index contributed by atoms with van der Waals surface area (Å²) >= 11 is 5.99. The molecule has 0 fully saturated rings. The number of nitrogens with one attached hydrogen (secondary N) is 1. The third-order valence-corrected chi connectivity index (χ3v) is 3.87. The SMILES string of the molecule is CCCN(CCO)C(=O)NC1CCc2cc(Cl)ccc21. The highest BCUT2D eigenvalue weighted by Crippen LogP contribution is 2.32. The number of aryl methyl sites for hydroxylation is 1. The number of hydrogen-bond donors (Lipinski definition) is 2. The van der Waals surface area contributed by atoms with Gasteiger partial charge in [-0.2, -0.15) is 0 Å². The highest BCUT2D eigenvalue weighted by atomic mass is 35.5. The average Bonchev–Trinajstić information content (AvgIpc) is 2.80. The number of amides is 2. The number of rotatable bonds is 5. The van der Waals surface area contributed by atoms with Gasteiger partial charge in [-0.1, -0.05) is 24.6 Å². The minimum atomic E-state index is -0.103. The van der Waals surface area contributed by atoms with Crippen LogP contribution >= 0.6 is 11.6 Å². The Kier molecular flexibility index (Phi) is 5.26. The van der Waals surface area contributed by atoms with E-state index in [9.17, 15) is 4.79 Å². The summed E-state index contributed by atoms with van der Waals surface area (Å²) in [6.45, 7) is 3.04. The van der Waals surface area contributed by atoms with Gasteiger partial charge in [-0.05, 0) is 42.5 Å². The fourth-order valence-electron chi connectivity index (χ4n) is 2.68. The van der Waals surface area contributed by atoms with Gasteiger partial charge in [0.25, 0.3) is 0 Å². The highest BCUT2D eigenvalue weighted by Gasteiger charge is 2.25. The number of aliphatic hydroxyl groups excluding tert-OH is 1. The summed E-state index contributed by atoms with van der Waals surface area (Å²) < 4.78 is 0. The first kappa shape index (κ1) is 15.1. The maximum Gasteiger partial charge on any atom is 0.317 e. The molecule has 0 spiro atoms.